The van der Waals surface area contributed by atoms with Crippen LogP contribution >= 0.6 is 0 Å². The van der Waals surface area contributed by atoms with Crippen molar-refractivity contribution in [3.05, 3.63) is 11.7 Å². The highest BCUT2D eigenvalue weighted by Crippen LogP contribution is 2.39. The van der Waals surface area contributed by atoms with Gasteiger partial charge in [-0.05, 0) is 19.3 Å². The summed E-state index contributed by atoms with van der Waals surface area (Å²) in [6, 6.07) is 0. The first-order valence-electron chi connectivity index (χ1n) is 6.34. The van der Waals surface area contributed by atoms with Crippen molar-refractivity contribution < 1.29 is 18.4 Å². The molecule has 4 nitrogen and oxygen atoms in total. The van der Waals surface area contributed by atoms with Crippen molar-refractivity contribution in [1.29, 1.82) is 0 Å². The molecule has 0 spiro atoms. The molecule has 1 aromatic rings. The Kier molecular flexibility index (Phi) is 3.66. The van der Waals surface area contributed by atoms with Crippen LogP contribution in [0.3, 0.4) is 0 Å². The van der Waals surface area contributed by atoms with Crippen LogP contribution in [0.1, 0.15) is 50.7 Å². The minimum atomic E-state index is -2.64. The molecule has 0 radical (unpaired) electrons. The standard InChI is InChI=1S/C12H18F2N2O2/c1-2-3-9-15-10(18-16-9)8-11(17)4-6-12(13,14)7-5-11/h17H,2-8H2,1H3. The molecule has 1 aliphatic carbocycles. The predicted octanol–water partition coefficient (Wildman–Crippen LogP) is 2.51. The predicted molar refractivity (Wildman–Crippen MR) is 60.4 cm³/mol. The van der Waals surface area contributed by atoms with Crippen LogP contribution in [-0.4, -0.2) is 26.8 Å². The van der Waals surface area contributed by atoms with Crippen molar-refractivity contribution in [3.8, 4) is 0 Å². The summed E-state index contributed by atoms with van der Waals surface area (Å²) in [5.41, 5.74) is -1.13. The van der Waals surface area contributed by atoms with Crippen LogP contribution in [0.4, 0.5) is 8.78 Å². The SMILES string of the molecule is CCCc1noc(CC2(O)CCC(F)(F)CC2)n1. The normalized spacial score (nSPS) is 22.0. The van der Waals surface area contributed by atoms with Crippen molar-refractivity contribution in [1.82, 2.24) is 10.1 Å². The molecule has 1 aromatic heterocycles. The molecule has 6 heteroatoms. The van der Waals surface area contributed by atoms with E-state index in [4.69, 9.17) is 4.52 Å². The van der Waals surface area contributed by atoms with Gasteiger partial charge in [-0.1, -0.05) is 12.1 Å². The highest BCUT2D eigenvalue weighted by molar-refractivity contribution is 4.97. The summed E-state index contributed by atoms with van der Waals surface area (Å²) in [7, 11) is 0. The van der Waals surface area contributed by atoms with Gasteiger partial charge in [0.25, 0.3) is 0 Å². The maximum absolute atomic E-state index is 13.0. The highest BCUT2D eigenvalue weighted by atomic mass is 19.3. The summed E-state index contributed by atoms with van der Waals surface area (Å²) in [5, 5.41) is 14.0. The zero-order valence-electron chi connectivity index (χ0n) is 10.5. The Hall–Kier alpha value is -1.04. The first kappa shape index (κ1) is 13.4. The molecule has 18 heavy (non-hydrogen) atoms. The molecule has 2 rings (SSSR count). The average Bonchev–Trinajstić information content (AvgIpc) is 2.72. The lowest BCUT2D eigenvalue weighted by molar-refractivity contribution is -0.105. The minimum absolute atomic E-state index is 0.0749. The fourth-order valence-corrected chi connectivity index (χ4v) is 2.23. The van der Waals surface area contributed by atoms with Gasteiger partial charge in [0, 0.05) is 19.3 Å². The summed E-state index contributed by atoms with van der Waals surface area (Å²) < 4.78 is 31.1. The molecule has 0 aromatic carbocycles. The fourth-order valence-electron chi connectivity index (χ4n) is 2.23. The molecule has 1 saturated carbocycles. The van der Waals surface area contributed by atoms with Crippen molar-refractivity contribution in [2.24, 2.45) is 0 Å². The molecule has 0 amide bonds. The maximum Gasteiger partial charge on any atom is 0.248 e. The van der Waals surface area contributed by atoms with E-state index in [2.05, 4.69) is 10.1 Å². The second-order valence-electron chi connectivity index (χ2n) is 5.11. The van der Waals surface area contributed by atoms with E-state index >= 15 is 0 Å². The summed E-state index contributed by atoms with van der Waals surface area (Å²) >= 11 is 0. The Morgan fingerprint density at radius 1 is 1.28 bits per heavy atom. The fraction of sp³-hybridized carbons (Fsp3) is 0.833. The zero-order valence-corrected chi connectivity index (χ0v) is 10.5. The third kappa shape index (κ3) is 3.25. The molecule has 0 unspecified atom stereocenters. The number of alkyl halides is 2. The molecular formula is C12H18F2N2O2. The summed E-state index contributed by atoms with van der Waals surface area (Å²) in [4.78, 5) is 4.15. The number of nitrogens with zero attached hydrogens (tertiary/aromatic N) is 2. The van der Waals surface area contributed by atoms with Gasteiger partial charge in [-0.25, -0.2) is 8.78 Å². The molecule has 0 bridgehead atoms. The number of hydrogen-bond acceptors (Lipinski definition) is 4. The monoisotopic (exact) mass is 260 g/mol. The second kappa shape index (κ2) is 4.91. The lowest BCUT2D eigenvalue weighted by Gasteiger charge is -2.34. The number of halogens is 2. The van der Waals surface area contributed by atoms with Gasteiger partial charge in [0.1, 0.15) is 0 Å². The number of hydrogen-bond donors (Lipinski definition) is 1. The van der Waals surface area contributed by atoms with E-state index in [9.17, 15) is 13.9 Å². The van der Waals surface area contributed by atoms with Gasteiger partial charge in [-0.15, -0.1) is 0 Å². The van der Waals surface area contributed by atoms with Crippen molar-refractivity contribution in [2.75, 3.05) is 0 Å². The van der Waals surface area contributed by atoms with Crippen LogP contribution in [0.2, 0.25) is 0 Å². The third-order valence-corrected chi connectivity index (χ3v) is 3.38. The average molecular weight is 260 g/mol. The molecule has 0 aliphatic heterocycles. The molecule has 0 saturated heterocycles. The van der Waals surface area contributed by atoms with E-state index in [1.165, 1.54) is 0 Å². The Morgan fingerprint density at radius 2 is 1.94 bits per heavy atom. The second-order valence-corrected chi connectivity index (χ2v) is 5.11. The quantitative estimate of drug-likeness (QED) is 0.903. The van der Waals surface area contributed by atoms with Gasteiger partial charge in [-0.3, -0.25) is 0 Å². The van der Waals surface area contributed by atoms with E-state index in [-0.39, 0.29) is 32.1 Å². The summed E-state index contributed by atoms with van der Waals surface area (Å²) in [5.74, 6) is -1.70. The van der Waals surface area contributed by atoms with Crippen LogP contribution in [0.25, 0.3) is 0 Å². The van der Waals surface area contributed by atoms with Crippen LogP contribution in [0, 0.1) is 0 Å². The smallest absolute Gasteiger partial charge is 0.248 e. The van der Waals surface area contributed by atoms with Crippen LogP contribution in [0.15, 0.2) is 4.52 Å². The molecule has 1 aliphatic rings. The number of aromatic nitrogens is 2. The molecule has 1 N–H and O–H groups in total. The molecule has 1 heterocycles. The first-order valence-corrected chi connectivity index (χ1v) is 6.34. The van der Waals surface area contributed by atoms with Crippen LogP contribution < -0.4 is 0 Å². The highest BCUT2D eigenvalue weighted by Gasteiger charge is 2.43. The van der Waals surface area contributed by atoms with E-state index in [1.807, 2.05) is 6.92 Å². The largest absolute Gasteiger partial charge is 0.389 e. The topological polar surface area (TPSA) is 59.2 Å². The van der Waals surface area contributed by atoms with E-state index in [1.54, 1.807) is 0 Å². The van der Waals surface area contributed by atoms with E-state index in [0.717, 1.165) is 12.8 Å². The number of rotatable bonds is 4. The Morgan fingerprint density at radius 3 is 2.56 bits per heavy atom. The van der Waals surface area contributed by atoms with Gasteiger partial charge in [0.05, 0.1) is 12.0 Å². The van der Waals surface area contributed by atoms with Crippen LogP contribution in [0.5, 0.6) is 0 Å². The number of aliphatic hydroxyl groups is 1. The molecule has 0 atom stereocenters. The van der Waals surface area contributed by atoms with Crippen LogP contribution in [-0.2, 0) is 12.8 Å². The summed E-state index contributed by atoms with van der Waals surface area (Å²) in [6.07, 6.45) is 1.39. The Labute approximate surface area is 104 Å². The third-order valence-electron chi connectivity index (χ3n) is 3.38. The van der Waals surface area contributed by atoms with Crippen molar-refractivity contribution in [3.63, 3.8) is 0 Å². The van der Waals surface area contributed by atoms with Gasteiger partial charge in [-0.2, -0.15) is 4.98 Å². The lowest BCUT2D eigenvalue weighted by Crippen LogP contribution is -2.40. The Bertz CT molecular complexity index is 397. The van der Waals surface area contributed by atoms with Gasteiger partial charge < -0.3 is 9.63 Å². The maximum atomic E-state index is 13.0. The first-order chi connectivity index (χ1) is 8.42. The minimum Gasteiger partial charge on any atom is -0.389 e. The molecule has 1 fully saturated rings. The van der Waals surface area contributed by atoms with Gasteiger partial charge in [0.2, 0.25) is 11.8 Å². The Balaban J connectivity index is 1.95. The number of aryl methyl sites for hydroxylation is 1. The van der Waals surface area contributed by atoms with Gasteiger partial charge >= 0.3 is 0 Å². The van der Waals surface area contributed by atoms with Crippen molar-refractivity contribution >= 4 is 0 Å². The van der Waals surface area contributed by atoms with Crippen molar-refractivity contribution in [2.45, 2.75) is 63.4 Å². The van der Waals surface area contributed by atoms with Gasteiger partial charge in [0.15, 0.2) is 5.82 Å². The molecule has 102 valence electrons. The lowest BCUT2D eigenvalue weighted by atomic mass is 9.80. The molecular weight excluding hydrogens is 242 g/mol. The van der Waals surface area contributed by atoms with E-state index in [0.29, 0.717) is 11.7 Å². The van der Waals surface area contributed by atoms with E-state index < -0.39 is 11.5 Å². The zero-order chi connectivity index (χ0) is 13.2. The summed E-state index contributed by atoms with van der Waals surface area (Å²) in [6.45, 7) is 2.01.